The number of ether oxygens (including phenoxy) is 1. The molecule has 30 heavy (non-hydrogen) atoms. The Kier molecular flexibility index (Phi) is 6.46. The molecule has 0 amide bonds. The molecule has 0 saturated carbocycles. The number of thiazole rings is 1. The van der Waals surface area contributed by atoms with Crippen molar-refractivity contribution in [3.63, 3.8) is 0 Å². The zero-order valence-electron chi connectivity index (χ0n) is 16.9. The predicted molar refractivity (Wildman–Crippen MR) is 129 cm³/mol. The summed E-state index contributed by atoms with van der Waals surface area (Å²) in [6.45, 7) is 4.40. The average Bonchev–Trinajstić information content (AvgIpc) is 3.32. The van der Waals surface area contributed by atoms with Crippen LogP contribution in [0.2, 0.25) is 0 Å². The van der Waals surface area contributed by atoms with Crippen molar-refractivity contribution < 1.29 is 9.53 Å². The van der Waals surface area contributed by atoms with Crippen molar-refractivity contribution in [2.24, 2.45) is 5.92 Å². The SMILES string of the molecule is CCOC(=O)c1cc(-c2ccccc2)sc1NC(=S)Nc1nc2c(s1)CC(C)CC2. The van der Waals surface area contributed by atoms with Crippen LogP contribution in [0.15, 0.2) is 36.4 Å². The number of fused-ring (bicyclic) bond motifs is 1. The molecule has 2 N–H and O–H groups in total. The highest BCUT2D eigenvalue weighted by atomic mass is 32.1. The summed E-state index contributed by atoms with van der Waals surface area (Å²) in [6, 6.07) is 11.8. The Labute approximate surface area is 189 Å². The van der Waals surface area contributed by atoms with Crippen molar-refractivity contribution in [1.29, 1.82) is 0 Å². The molecule has 0 spiro atoms. The van der Waals surface area contributed by atoms with Gasteiger partial charge in [-0.3, -0.25) is 0 Å². The van der Waals surface area contributed by atoms with Crippen LogP contribution < -0.4 is 10.6 Å². The molecule has 1 aromatic carbocycles. The lowest BCUT2D eigenvalue weighted by Crippen LogP contribution is -2.20. The number of nitrogens with zero attached hydrogens (tertiary/aromatic N) is 1. The number of thiophene rings is 1. The molecule has 5 nitrogen and oxygen atoms in total. The van der Waals surface area contributed by atoms with Gasteiger partial charge in [-0.15, -0.1) is 22.7 Å². The number of anilines is 2. The minimum Gasteiger partial charge on any atom is -0.462 e. The second-order valence-electron chi connectivity index (χ2n) is 7.26. The second-order valence-corrected chi connectivity index (χ2v) is 9.80. The van der Waals surface area contributed by atoms with E-state index in [2.05, 4.69) is 17.6 Å². The topological polar surface area (TPSA) is 63.2 Å². The minimum atomic E-state index is -0.361. The lowest BCUT2D eigenvalue weighted by Gasteiger charge is -2.15. The van der Waals surface area contributed by atoms with E-state index in [0.29, 0.717) is 28.2 Å². The number of aryl methyl sites for hydroxylation is 1. The molecule has 3 aromatic rings. The van der Waals surface area contributed by atoms with Gasteiger partial charge in [-0.1, -0.05) is 37.3 Å². The highest BCUT2D eigenvalue weighted by molar-refractivity contribution is 7.80. The van der Waals surface area contributed by atoms with Crippen molar-refractivity contribution in [2.45, 2.75) is 33.1 Å². The highest BCUT2D eigenvalue weighted by Crippen LogP contribution is 2.36. The number of hydrogen-bond acceptors (Lipinski definition) is 6. The summed E-state index contributed by atoms with van der Waals surface area (Å²) in [7, 11) is 0. The lowest BCUT2D eigenvalue weighted by molar-refractivity contribution is 0.0528. The van der Waals surface area contributed by atoms with Crippen molar-refractivity contribution in [3.05, 3.63) is 52.5 Å². The fraction of sp³-hybridized carbons (Fsp3) is 0.318. The Bertz CT molecular complexity index is 1060. The fourth-order valence-electron chi connectivity index (χ4n) is 3.41. The highest BCUT2D eigenvalue weighted by Gasteiger charge is 2.22. The molecule has 1 aliphatic carbocycles. The predicted octanol–water partition coefficient (Wildman–Crippen LogP) is 5.98. The van der Waals surface area contributed by atoms with E-state index in [1.54, 1.807) is 18.3 Å². The first kappa shape index (κ1) is 21.0. The van der Waals surface area contributed by atoms with E-state index in [0.717, 1.165) is 28.4 Å². The molecule has 0 bridgehead atoms. The molecule has 0 fully saturated rings. The van der Waals surface area contributed by atoms with E-state index >= 15 is 0 Å². The molecule has 0 radical (unpaired) electrons. The van der Waals surface area contributed by atoms with Crippen LogP contribution in [0, 0.1) is 5.92 Å². The number of aromatic nitrogens is 1. The van der Waals surface area contributed by atoms with E-state index in [-0.39, 0.29) is 5.97 Å². The molecular weight excluding hydrogens is 434 g/mol. The number of carbonyl (C=O) groups excluding carboxylic acids is 1. The number of rotatable bonds is 5. The van der Waals surface area contributed by atoms with E-state index in [1.165, 1.54) is 28.3 Å². The molecule has 0 aliphatic heterocycles. The monoisotopic (exact) mass is 457 g/mol. The zero-order valence-corrected chi connectivity index (χ0v) is 19.3. The van der Waals surface area contributed by atoms with Gasteiger partial charge in [-0.2, -0.15) is 0 Å². The van der Waals surface area contributed by atoms with Crippen LogP contribution in [0.5, 0.6) is 0 Å². The van der Waals surface area contributed by atoms with Gasteiger partial charge in [0.15, 0.2) is 10.2 Å². The van der Waals surface area contributed by atoms with Crippen molar-refractivity contribution >= 4 is 56.1 Å². The van der Waals surface area contributed by atoms with Crippen LogP contribution in [0.4, 0.5) is 10.1 Å². The van der Waals surface area contributed by atoms with Gasteiger partial charge in [0, 0.05) is 9.75 Å². The van der Waals surface area contributed by atoms with Gasteiger partial charge < -0.3 is 15.4 Å². The van der Waals surface area contributed by atoms with Gasteiger partial charge in [0.1, 0.15) is 5.00 Å². The second kappa shape index (κ2) is 9.24. The van der Waals surface area contributed by atoms with Crippen LogP contribution >= 0.6 is 34.9 Å². The van der Waals surface area contributed by atoms with E-state index < -0.39 is 0 Å². The molecule has 8 heteroatoms. The average molecular weight is 458 g/mol. The summed E-state index contributed by atoms with van der Waals surface area (Å²) < 4.78 is 5.24. The van der Waals surface area contributed by atoms with Gasteiger partial charge in [0.2, 0.25) is 0 Å². The summed E-state index contributed by atoms with van der Waals surface area (Å²) in [5.41, 5.74) is 2.71. The molecule has 2 aromatic heterocycles. The standard InChI is InChI=1S/C22H23N3O2S3/c1-3-27-20(26)15-12-17(14-7-5-4-6-8-14)29-19(15)24-21(28)25-22-23-16-10-9-13(2)11-18(16)30-22/h4-8,12-13H,3,9-11H2,1-2H3,(H2,23,24,25,28). The first-order chi connectivity index (χ1) is 14.5. The first-order valence-corrected chi connectivity index (χ1v) is 12.0. The molecule has 1 aliphatic rings. The summed E-state index contributed by atoms with van der Waals surface area (Å²) in [6.07, 6.45) is 3.28. The molecule has 1 atom stereocenters. The van der Waals surface area contributed by atoms with Crippen LogP contribution in [0.25, 0.3) is 10.4 Å². The van der Waals surface area contributed by atoms with E-state index in [1.807, 2.05) is 36.4 Å². The lowest BCUT2D eigenvalue weighted by atomic mass is 9.93. The third-order valence-corrected chi connectivity index (χ3v) is 7.26. The molecule has 1 unspecified atom stereocenters. The first-order valence-electron chi connectivity index (χ1n) is 9.96. The summed E-state index contributed by atoms with van der Waals surface area (Å²) in [5.74, 6) is 0.338. The molecule has 0 saturated heterocycles. The van der Waals surface area contributed by atoms with Gasteiger partial charge in [-0.05, 0) is 56.0 Å². The smallest absolute Gasteiger partial charge is 0.341 e. The Morgan fingerprint density at radius 2 is 2.07 bits per heavy atom. The van der Waals surface area contributed by atoms with Gasteiger partial charge >= 0.3 is 5.97 Å². The summed E-state index contributed by atoms with van der Waals surface area (Å²) in [5, 5.41) is 8.25. The Balaban J connectivity index is 1.53. The van der Waals surface area contributed by atoms with Crippen LogP contribution in [-0.4, -0.2) is 22.7 Å². The Hall–Kier alpha value is -2.29. The van der Waals surface area contributed by atoms with Crippen molar-refractivity contribution in [3.8, 4) is 10.4 Å². The third kappa shape index (κ3) is 4.71. The van der Waals surface area contributed by atoms with Gasteiger partial charge in [0.25, 0.3) is 0 Å². The number of thiocarbonyl (C=S) groups is 1. The maximum absolute atomic E-state index is 12.5. The van der Waals surface area contributed by atoms with Gasteiger partial charge in [0.05, 0.1) is 17.9 Å². The van der Waals surface area contributed by atoms with E-state index in [9.17, 15) is 4.79 Å². The summed E-state index contributed by atoms with van der Waals surface area (Å²) >= 11 is 8.66. The molecule has 2 heterocycles. The number of nitrogens with one attached hydrogen (secondary N) is 2. The normalized spacial score (nSPS) is 15.3. The van der Waals surface area contributed by atoms with Crippen LogP contribution in [-0.2, 0) is 17.6 Å². The number of carbonyl (C=O) groups is 1. The minimum absolute atomic E-state index is 0.320. The maximum Gasteiger partial charge on any atom is 0.341 e. The number of esters is 1. The summed E-state index contributed by atoms with van der Waals surface area (Å²) in [4.78, 5) is 19.5. The molecular formula is C22H23N3O2S3. The Morgan fingerprint density at radius 3 is 2.83 bits per heavy atom. The molecule has 4 rings (SSSR count). The number of hydrogen-bond donors (Lipinski definition) is 2. The van der Waals surface area contributed by atoms with Crippen LogP contribution in [0.3, 0.4) is 0 Å². The zero-order chi connectivity index (χ0) is 21.1. The molecule has 156 valence electrons. The van der Waals surface area contributed by atoms with Crippen molar-refractivity contribution in [2.75, 3.05) is 17.2 Å². The quantitative estimate of drug-likeness (QED) is 0.363. The Morgan fingerprint density at radius 1 is 1.27 bits per heavy atom. The fourth-order valence-corrected chi connectivity index (χ4v) is 5.97. The van der Waals surface area contributed by atoms with E-state index in [4.69, 9.17) is 21.9 Å². The van der Waals surface area contributed by atoms with Crippen molar-refractivity contribution in [1.82, 2.24) is 4.98 Å². The van der Waals surface area contributed by atoms with Gasteiger partial charge in [-0.25, -0.2) is 9.78 Å². The maximum atomic E-state index is 12.5. The van der Waals surface area contributed by atoms with Crippen LogP contribution in [0.1, 0.15) is 41.2 Å². The third-order valence-electron chi connectivity index (χ3n) is 4.92. The largest absolute Gasteiger partial charge is 0.462 e. The number of benzene rings is 1.